The van der Waals surface area contributed by atoms with Gasteiger partial charge in [0.05, 0.1) is 18.0 Å². The molecule has 0 fully saturated rings. The summed E-state index contributed by atoms with van der Waals surface area (Å²) in [6.45, 7) is 8.68. The van der Waals surface area contributed by atoms with Gasteiger partial charge in [0.1, 0.15) is 0 Å². The predicted molar refractivity (Wildman–Crippen MR) is 113 cm³/mol. The van der Waals surface area contributed by atoms with Gasteiger partial charge in [0.15, 0.2) is 0 Å². The van der Waals surface area contributed by atoms with Gasteiger partial charge < -0.3 is 4.74 Å². The number of carbonyl (C=O) groups is 1. The number of carbonyl (C=O) groups excluding carboxylic acids is 1. The predicted octanol–water partition coefficient (Wildman–Crippen LogP) is 5.47. The molecule has 0 saturated carbocycles. The maximum atomic E-state index is 11.5. The van der Waals surface area contributed by atoms with Crippen molar-refractivity contribution in [2.45, 2.75) is 46.5 Å². The summed E-state index contributed by atoms with van der Waals surface area (Å²) in [5.41, 5.74) is 6.91. The van der Waals surface area contributed by atoms with Crippen molar-refractivity contribution in [3.63, 3.8) is 0 Å². The van der Waals surface area contributed by atoms with Crippen molar-refractivity contribution in [2.24, 2.45) is 0 Å². The number of hydrogen-bond acceptors (Lipinski definition) is 3. The van der Waals surface area contributed by atoms with Crippen LogP contribution >= 0.6 is 0 Å². The lowest BCUT2D eigenvalue weighted by atomic mass is 9.95. The number of hydrogen-bond donors (Lipinski definition) is 0. The molecule has 1 heterocycles. The van der Waals surface area contributed by atoms with E-state index in [9.17, 15) is 4.79 Å². The van der Waals surface area contributed by atoms with Gasteiger partial charge in [0, 0.05) is 12.6 Å². The Morgan fingerprint density at radius 1 is 1.07 bits per heavy atom. The van der Waals surface area contributed by atoms with Crippen molar-refractivity contribution in [2.75, 3.05) is 6.61 Å². The third-order valence-electron chi connectivity index (χ3n) is 4.83. The number of nitrogens with zero attached hydrogens (tertiary/aromatic N) is 2. The van der Waals surface area contributed by atoms with E-state index in [0.717, 1.165) is 16.9 Å². The lowest BCUT2D eigenvalue weighted by Crippen LogP contribution is -2.05. The second-order valence-corrected chi connectivity index (χ2v) is 7.33. The molecule has 4 heteroatoms. The molecule has 0 radical (unpaired) electrons. The highest BCUT2D eigenvalue weighted by molar-refractivity contribution is 5.70. The van der Waals surface area contributed by atoms with E-state index in [-0.39, 0.29) is 5.97 Å². The molecule has 3 rings (SSSR count). The van der Waals surface area contributed by atoms with Gasteiger partial charge in [-0.25, -0.2) is 4.68 Å². The summed E-state index contributed by atoms with van der Waals surface area (Å²) in [5, 5.41) is 4.56. The van der Waals surface area contributed by atoms with Crippen LogP contribution in [0.3, 0.4) is 0 Å². The van der Waals surface area contributed by atoms with Gasteiger partial charge >= 0.3 is 5.97 Å². The Hall–Kier alpha value is -2.88. The lowest BCUT2D eigenvalue weighted by molar-refractivity contribution is -0.143. The first-order valence-electron chi connectivity index (χ1n) is 9.89. The zero-order valence-corrected chi connectivity index (χ0v) is 17.1. The molecule has 0 N–H and O–H groups in total. The molecule has 0 aliphatic heterocycles. The standard InChI is InChI=1S/C24H28N2O2/c1-5-28-24(27)13-8-19-6-9-20(10-7-19)21-11-12-23(22(16-21)17(2)3)26-15-14-18(4)25-26/h6-7,9-12,14-17H,5,8,13H2,1-4H3. The fourth-order valence-corrected chi connectivity index (χ4v) is 3.30. The van der Waals surface area contributed by atoms with E-state index in [1.165, 1.54) is 16.7 Å². The first-order valence-corrected chi connectivity index (χ1v) is 9.89. The molecule has 1 aromatic heterocycles. The van der Waals surface area contributed by atoms with E-state index in [0.29, 0.717) is 25.4 Å². The third kappa shape index (κ3) is 4.69. The van der Waals surface area contributed by atoms with E-state index < -0.39 is 0 Å². The summed E-state index contributed by atoms with van der Waals surface area (Å²) in [6.07, 6.45) is 3.13. The molecule has 0 aliphatic carbocycles. The van der Waals surface area contributed by atoms with Crippen LogP contribution in [0.2, 0.25) is 0 Å². The van der Waals surface area contributed by atoms with Crippen LogP contribution in [0.5, 0.6) is 0 Å². The van der Waals surface area contributed by atoms with E-state index in [4.69, 9.17) is 4.74 Å². The second kappa shape index (κ2) is 8.87. The number of benzene rings is 2. The number of aryl methyl sites for hydroxylation is 2. The van der Waals surface area contributed by atoms with Crippen LogP contribution in [0, 0.1) is 6.92 Å². The molecular formula is C24H28N2O2. The zero-order valence-electron chi connectivity index (χ0n) is 17.1. The maximum Gasteiger partial charge on any atom is 0.306 e. The number of rotatable bonds is 7. The Morgan fingerprint density at radius 3 is 2.39 bits per heavy atom. The first kappa shape index (κ1) is 19.9. The highest BCUT2D eigenvalue weighted by Gasteiger charge is 2.12. The van der Waals surface area contributed by atoms with Crippen LogP contribution in [-0.2, 0) is 16.0 Å². The van der Waals surface area contributed by atoms with Crippen molar-refractivity contribution in [1.82, 2.24) is 9.78 Å². The molecule has 0 atom stereocenters. The first-order chi connectivity index (χ1) is 13.5. The normalized spacial score (nSPS) is 11.0. The minimum absolute atomic E-state index is 0.141. The number of ether oxygens (including phenoxy) is 1. The van der Waals surface area contributed by atoms with Gasteiger partial charge in [-0.3, -0.25) is 4.79 Å². The summed E-state index contributed by atoms with van der Waals surface area (Å²) < 4.78 is 6.95. The minimum Gasteiger partial charge on any atom is -0.466 e. The van der Waals surface area contributed by atoms with Crippen LogP contribution < -0.4 is 0 Å². The van der Waals surface area contributed by atoms with Crippen molar-refractivity contribution < 1.29 is 9.53 Å². The summed E-state index contributed by atoms with van der Waals surface area (Å²) in [4.78, 5) is 11.5. The number of aromatic nitrogens is 2. The molecule has 0 bridgehead atoms. The lowest BCUT2D eigenvalue weighted by Gasteiger charge is -2.15. The molecule has 0 aliphatic rings. The molecule has 0 amide bonds. The Bertz CT molecular complexity index is 939. The molecule has 4 nitrogen and oxygen atoms in total. The zero-order chi connectivity index (χ0) is 20.1. The molecule has 28 heavy (non-hydrogen) atoms. The molecule has 146 valence electrons. The van der Waals surface area contributed by atoms with Crippen LogP contribution in [0.15, 0.2) is 54.7 Å². The largest absolute Gasteiger partial charge is 0.466 e. The van der Waals surface area contributed by atoms with Gasteiger partial charge in [-0.05, 0) is 66.6 Å². The molecule has 0 unspecified atom stereocenters. The average Bonchev–Trinajstić information content (AvgIpc) is 3.13. The Balaban J connectivity index is 1.81. The third-order valence-corrected chi connectivity index (χ3v) is 4.83. The topological polar surface area (TPSA) is 44.1 Å². The van der Waals surface area contributed by atoms with Gasteiger partial charge in [0.2, 0.25) is 0 Å². The van der Waals surface area contributed by atoms with Crippen molar-refractivity contribution in [3.05, 3.63) is 71.5 Å². The van der Waals surface area contributed by atoms with E-state index in [1.807, 2.05) is 30.8 Å². The van der Waals surface area contributed by atoms with Crippen LogP contribution in [0.25, 0.3) is 16.8 Å². The smallest absolute Gasteiger partial charge is 0.306 e. The molecule has 0 spiro atoms. The Kier molecular flexibility index (Phi) is 6.30. The average molecular weight is 377 g/mol. The van der Waals surface area contributed by atoms with E-state index >= 15 is 0 Å². The highest BCUT2D eigenvalue weighted by atomic mass is 16.5. The second-order valence-electron chi connectivity index (χ2n) is 7.33. The molecule has 2 aromatic carbocycles. The summed E-state index contributed by atoms with van der Waals surface area (Å²) in [6, 6.07) is 17.0. The highest BCUT2D eigenvalue weighted by Crippen LogP contribution is 2.29. The van der Waals surface area contributed by atoms with E-state index in [1.54, 1.807) is 0 Å². The van der Waals surface area contributed by atoms with Crippen molar-refractivity contribution in [1.29, 1.82) is 0 Å². The fraction of sp³-hybridized carbons (Fsp3) is 0.333. The number of esters is 1. The van der Waals surface area contributed by atoms with Crippen molar-refractivity contribution in [3.8, 4) is 16.8 Å². The van der Waals surface area contributed by atoms with Crippen molar-refractivity contribution >= 4 is 5.97 Å². The van der Waals surface area contributed by atoms with Gasteiger partial charge in [-0.2, -0.15) is 5.10 Å². The van der Waals surface area contributed by atoms with E-state index in [2.05, 4.69) is 61.4 Å². The van der Waals surface area contributed by atoms with Crippen LogP contribution in [-0.4, -0.2) is 22.4 Å². The molecule has 3 aromatic rings. The van der Waals surface area contributed by atoms with Crippen LogP contribution in [0.1, 0.15) is 49.9 Å². The molecular weight excluding hydrogens is 348 g/mol. The maximum absolute atomic E-state index is 11.5. The SMILES string of the molecule is CCOC(=O)CCc1ccc(-c2ccc(-n3ccc(C)n3)c(C(C)C)c2)cc1. The summed E-state index contributed by atoms with van der Waals surface area (Å²) in [7, 11) is 0. The monoisotopic (exact) mass is 376 g/mol. The van der Waals surface area contributed by atoms with Gasteiger partial charge in [0.25, 0.3) is 0 Å². The van der Waals surface area contributed by atoms with Crippen LogP contribution in [0.4, 0.5) is 0 Å². The Morgan fingerprint density at radius 2 is 1.79 bits per heavy atom. The quantitative estimate of drug-likeness (QED) is 0.514. The molecule has 0 saturated heterocycles. The minimum atomic E-state index is -0.141. The van der Waals surface area contributed by atoms with Gasteiger partial charge in [-0.15, -0.1) is 0 Å². The Labute approximate surface area is 167 Å². The summed E-state index contributed by atoms with van der Waals surface area (Å²) >= 11 is 0. The fourth-order valence-electron chi connectivity index (χ4n) is 3.30. The summed E-state index contributed by atoms with van der Waals surface area (Å²) in [5.74, 6) is 0.251. The van der Waals surface area contributed by atoms with Gasteiger partial charge in [-0.1, -0.05) is 44.2 Å².